The molecule has 0 radical (unpaired) electrons. The summed E-state index contributed by atoms with van der Waals surface area (Å²) < 4.78 is 11.3. The first kappa shape index (κ1) is 16.6. The number of aryl methyl sites for hydroxylation is 1. The molecule has 5 nitrogen and oxygen atoms in total. The minimum Gasteiger partial charge on any atom is -0.484 e. The fourth-order valence-corrected chi connectivity index (χ4v) is 3.02. The standard InChI is InChI=1S/C19H24N2O3/c1-15-9-10-18(24-15)17(21-11-5-6-12-21)13-20-19(22)14-23-16-7-3-2-4-8-16/h2-4,7-10,17H,5-6,11-14H2,1H3,(H,20,22). The van der Waals surface area contributed by atoms with Crippen LogP contribution in [0.15, 0.2) is 46.9 Å². The molecule has 0 aliphatic carbocycles. The van der Waals surface area contributed by atoms with Crippen LogP contribution in [0.1, 0.15) is 30.4 Å². The van der Waals surface area contributed by atoms with Gasteiger partial charge >= 0.3 is 0 Å². The van der Waals surface area contributed by atoms with Crippen LogP contribution in [0.5, 0.6) is 5.75 Å². The maximum Gasteiger partial charge on any atom is 0.258 e. The van der Waals surface area contributed by atoms with Crippen LogP contribution in [0.2, 0.25) is 0 Å². The topological polar surface area (TPSA) is 54.7 Å². The summed E-state index contributed by atoms with van der Waals surface area (Å²) in [6.07, 6.45) is 2.39. The van der Waals surface area contributed by atoms with E-state index in [4.69, 9.17) is 9.15 Å². The van der Waals surface area contributed by atoms with Gasteiger partial charge in [0, 0.05) is 6.54 Å². The first-order chi connectivity index (χ1) is 11.7. The lowest BCUT2D eigenvalue weighted by Gasteiger charge is -2.26. The number of carbonyl (C=O) groups is 1. The van der Waals surface area contributed by atoms with Crippen LogP contribution in [-0.2, 0) is 4.79 Å². The summed E-state index contributed by atoms with van der Waals surface area (Å²) in [6, 6.07) is 13.4. The van der Waals surface area contributed by atoms with Crippen molar-refractivity contribution in [2.75, 3.05) is 26.2 Å². The second-order valence-corrected chi connectivity index (χ2v) is 6.11. The zero-order chi connectivity index (χ0) is 16.8. The van der Waals surface area contributed by atoms with Gasteiger partial charge in [0.25, 0.3) is 5.91 Å². The SMILES string of the molecule is Cc1ccc(C(CNC(=O)COc2ccccc2)N2CCCC2)o1. The van der Waals surface area contributed by atoms with Crippen molar-refractivity contribution in [3.8, 4) is 5.75 Å². The van der Waals surface area contributed by atoms with E-state index in [0.29, 0.717) is 12.3 Å². The largest absolute Gasteiger partial charge is 0.484 e. The smallest absolute Gasteiger partial charge is 0.258 e. The average Bonchev–Trinajstić information content (AvgIpc) is 3.27. The Bertz CT molecular complexity index is 648. The van der Waals surface area contributed by atoms with Gasteiger partial charge in [0.05, 0.1) is 6.04 Å². The van der Waals surface area contributed by atoms with E-state index in [0.717, 1.165) is 24.6 Å². The molecule has 5 heteroatoms. The summed E-state index contributed by atoms with van der Waals surface area (Å²) in [4.78, 5) is 14.5. The van der Waals surface area contributed by atoms with Crippen LogP contribution in [0.25, 0.3) is 0 Å². The Morgan fingerprint density at radius 1 is 1.21 bits per heavy atom. The Kier molecular flexibility index (Phi) is 5.54. The summed E-state index contributed by atoms with van der Waals surface area (Å²) in [5, 5.41) is 2.97. The van der Waals surface area contributed by atoms with Crippen LogP contribution in [0.3, 0.4) is 0 Å². The van der Waals surface area contributed by atoms with Gasteiger partial charge in [0.15, 0.2) is 6.61 Å². The van der Waals surface area contributed by atoms with Crippen molar-refractivity contribution in [1.29, 1.82) is 0 Å². The highest BCUT2D eigenvalue weighted by molar-refractivity contribution is 5.77. The van der Waals surface area contributed by atoms with Gasteiger partial charge in [-0.05, 0) is 57.1 Å². The number of likely N-dealkylation sites (tertiary alicyclic amines) is 1. The molecule has 24 heavy (non-hydrogen) atoms. The zero-order valence-corrected chi connectivity index (χ0v) is 14.0. The van der Waals surface area contributed by atoms with Crippen molar-refractivity contribution in [2.24, 2.45) is 0 Å². The molecule has 1 unspecified atom stereocenters. The number of hydrogen-bond donors (Lipinski definition) is 1. The molecule has 3 rings (SSSR count). The fraction of sp³-hybridized carbons (Fsp3) is 0.421. The van der Waals surface area contributed by atoms with E-state index >= 15 is 0 Å². The first-order valence-electron chi connectivity index (χ1n) is 8.47. The predicted molar refractivity (Wildman–Crippen MR) is 91.9 cm³/mol. The molecule has 1 aliphatic heterocycles. The maximum absolute atomic E-state index is 12.1. The molecule has 1 N–H and O–H groups in total. The van der Waals surface area contributed by atoms with Gasteiger partial charge in [-0.1, -0.05) is 18.2 Å². The number of nitrogens with one attached hydrogen (secondary N) is 1. The molecular weight excluding hydrogens is 304 g/mol. The highest BCUT2D eigenvalue weighted by Gasteiger charge is 2.26. The summed E-state index contributed by atoms with van der Waals surface area (Å²) in [5.74, 6) is 2.39. The molecule has 128 valence electrons. The lowest BCUT2D eigenvalue weighted by Crippen LogP contribution is -2.38. The molecule has 0 bridgehead atoms. The first-order valence-corrected chi connectivity index (χ1v) is 8.47. The molecule has 1 aromatic heterocycles. The van der Waals surface area contributed by atoms with Crippen LogP contribution in [-0.4, -0.2) is 37.0 Å². The lowest BCUT2D eigenvalue weighted by atomic mass is 10.2. The zero-order valence-electron chi connectivity index (χ0n) is 14.0. The molecule has 2 aromatic rings. The molecular formula is C19H24N2O3. The van der Waals surface area contributed by atoms with E-state index in [1.165, 1.54) is 12.8 Å². The molecule has 1 aliphatic rings. The van der Waals surface area contributed by atoms with E-state index in [-0.39, 0.29) is 18.6 Å². The average molecular weight is 328 g/mol. The molecule has 1 saturated heterocycles. The Labute approximate surface area is 142 Å². The van der Waals surface area contributed by atoms with Crippen molar-refractivity contribution in [3.63, 3.8) is 0 Å². The number of para-hydroxylation sites is 1. The molecule has 1 fully saturated rings. The minimum absolute atomic E-state index is 0.0217. The second kappa shape index (κ2) is 8.02. The van der Waals surface area contributed by atoms with Gasteiger partial charge in [-0.3, -0.25) is 9.69 Å². The van der Waals surface area contributed by atoms with Crippen LogP contribution in [0.4, 0.5) is 0 Å². The van der Waals surface area contributed by atoms with E-state index in [9.17, 15) is 4.79 Å². The van der Waals surface area contributed by atoms with Gasteiger partial charge in [-0.25, -0.2) is 0 Å². The molecule has 0 saturated carbocycles. The van der Waals surface area contributed by atoms with Crippen molar-refractivity contribution in [2.45, 2.75) is 25.8 Å². The van der Waals surface area contributed by atoms with E-state index in [1.807, 2.05) is 49.4 Å². The summed E-state index contributed by atoms with van der Waals surface area (Å²) in [6.45, 7) is 4.58. The van der Waals surface area contributed by atoms with E-state index in [1.54, 1.807) is 0 Å². The summed E-state index contributed by atoms with van der Waals surface area (Å²) in [7, 11) is 0. The number of carbonyl (C=O) groups excluding carboxylic acids is 1. The van der Waals surface area contributed by atoms with E-state index in [2.05, 4.69) is 10.2 Å². The fourth-order valence-electron chi connectivity index (χ4n) is 3.02. The molecule has 1 atom stereocenters. The number of hydrogen-bond acceptors (Lipinski definition) is 4. The maximum atomic E-state index is 12.1. The van der Waals surface area contributed by atoms with Crippen LogP contribution in [0, 0.1) is 6.92 Å². The number of nitrogens with zero attached hydrogens (tertiary/aromatic N) is 1. The summed E-state index contributed by atoms with van der Waals surface area (Å²) in [5.41, 5.74) is 0. The summed E-state index contributed by atoms with van der Waals surface area (Å²) >= 11 is 0. The van der Waals surface area contributed by atoms with Gasteiger partial charge in [-0.15, -0.1) is 0 Å². The lowest BCUT2D eigenvalue weighted by molar-refractivity contribution is -0.123. The Hall–Kier alpha value is -2.27. The van der Waals surface area contributed by atoms with Gasteiger partial charge in [-0.2, -0.15) is 0 Å². The number of furan rings is 1. The molecule has 1 amide bonds. The normalized spacial score (nSPS) is 16.0. The molecule has 0 spiro atoms. The van der Waals surface area contributed by atoms with Gasteiger partial charge < -0.3 is 14.5 Å². The quantitative estimate of drug-likeness (QED) is 0.849. The third-order valence-corrected chi connectivity index (χ3v) is 4.28. The number of amides is 1. The molecule has 1 aromatic carbocycles. The van der Waals surface area contributed by atoms with Crippen molar-refractivity contribution >= 4 is 5.91 Å². The predicted octanol–water partition coefficient (Wildman–Crippen LogP) is 2.92. The minimum atomic E-state index is -0.119. The van der Waals surface area contributed by atoms with E-state index < -0.39 is 0 Å². The Morgan fingerprint density at radius 3 is 2.62 bits per heavy atom. The number of rotatable bonds is 7. The van der Waals surface area contributed by atoms with Gasteiger partial charge in [0.2, 0.25) is 0 Å². The number of benzene rings is 1. The molecule has 2 heterocycles. The van der Waals surface area contributed by atoms with Crippen molar-refractivity contribution < 1.29 is 13.9 Å². The second-order valence-electron chi connectivity index (χ2n) is 6.11. The van der Waals surface area contributed by atoms with Crippen LogP contribution >= 0.6 is 0 Å². The third-order valence-electron chi connectivity index (χ3n) is 4.28. The monoisotopic (exact) mass is 328 g/mol. The Morgan fingerprint density at radius 2 is 1.96 bits per heavy atom. The van der Waals surface area contributed by atoms with Crippen molar-refractivity contribution in [1.82, 2.24) is 10.2 Å². The highest BCUT2D eigenvalue weighted by Crippen LogP contribution is 2.26. The van der Waals surface area contributed by atoms with Gasteiger partial charge in [0.1, 0.15) is 17.3 Å². The van der Waals surface area contributed by atoms with Crippen LogP contribution < -0.4 is 10.1 Å². The highest BCUT2D eigenvalue weighted by atomic mass is 16.5. The third kappa shape index (κ3) is 4.38. The number of ether oxygens (including phenoxy) is 1. The van der Waals surface area contributed by atoms with Crippen molar-refractivity contribution in [3.05, 3.63) is 54.0 Å². The Balaban J connectivity index is 1.54.